The molecule has 2 rings (SSSR count). The van der Waals surface area contributed by atoms with Crippen LogP contribution in [0.1, 0.15) is 24.8 Å². The first-order chi connectivity index (χ1) is 8.42. The maximum atomic E-state index is 3.57. The molecule has 0 aliphatic carbocycles. The number of hydrogen-bond donors (Lipinski definition) is 2. The molecule has 94 valence electrons. The highest BCUT2D eigenvalue weighted by molar-refractivity contribution is 7.99. The molecule has 1 aromatic rings. The van der Waals surface area contributed by atoms with Crippen LogP contribution in [0.15, 0.2) is 29.2 Å². The molecule has 0 fully saturated rings. The Morgan fingerprint density at radius 2 is 2.06 bits per heavy atom. The lowest BCUT2D eigenvalue weighted by molar-refractivity contribution is 0.578. The zero-order valence-electron chi connectivity index (χ0n) is 10.5. The van der Waals surface area contributed by atoms with Crippen molar-refractivity contribution in [1.29, 1.82) is 0 Å². The van der Waals surface area contributed by atoms with Crippen molar-refractivity contribution in [2.24, 2.45) is 0 Å². The molecule has 2 nitrogen and oxygen atoms in total. The summed E-state index contributed by atoms with van der Waals surface area (Å²) in [5.41, 5.74) is 1.54. The van der Waals surface area contributed by atoms with E-state index in [4.69, 9.17) is 0 Å². The fraction of sp³-hybridized carbons (Fsp3) is 0.571. The van der Waals surface area contributed by atoms with Gasteiger partial charge in [0.05, 0.1) is 0 Å². The molecule has 1 aliphatic heterocycles. The number of benzene rings is 1. The Kier molecular flexibility index (Phi) is 5.36. The van der Waals surface area contributed by atoms with Crippen molar-refractivity contribution in [3.05, 3.63) is 29.8 Å². The van der Waals surface area contributed by atoms with Gasteiger partial charge in [-0.2, -0.15) is 0 Å². The third-order valence-corrected chi connectivity index (χ3v) is 4.40. The van der Waals surface area contributed by atoms with Crippen LogP contribution in [0.4, 0.5) is 0 Å². The van der Waals surface area contributed by atoms with Crippen molar-refractivity contribution < 1.29 is 0 Å². The van der Waals surface area contributed by atoms with E-state index in [0.717, 1.165) is 26.2 Å². The van der Waals surface area contributed by atoms with E-state index in [1.54, 1.807) is 0 Å². The standard InChI is InChI=1S/C14H22N2S/c1-2-15-8-5-9-16-10-12-11-17-14-7-4-3-6-13(12)14/h3-4,6-7,12,15-16H,2,5,8-11H2,1H3. The summed E-state index contributed by atoms with van der Waals surface area (Å²) in [6.07, 6.45) is 1.22. The zero-order valence-corrected chi connectivity index (χ0v) is 11.4. The molecule has 1 unspecified atom stereocenters. The summed E-state index contributed by atoms with van der Waals surface area (Å²) in [5, 5.41) is 6.92. The van der Waals surface area contributed by atoms with Gasteiger partial charge < -0.3 is 10.6 Å². The minimum atomic E-state index is 0.704. The largest absolute Gasteiger partial charge is 0.317 e. The summed E-state index contributed by atoms with van der Waals surface area (Å²) in [7, 11) is 0. The molecule has 0 amide bonds. The van der Waals surface area contributed by atoms with Crippen LogP contribution in [0.5, 0.6) is 0 Å². The molecule has 1 aromatic carbocycles. The average Bonchev–Trinajstić information content (AvgIpc) is 2.77. The SMILES string of the molecule is CCNCCCNCC1CSc2ccccc21. The quantitative estimate of drug-likeness (QED) is 0.727. The second-order valence-corrected chi connectivity index (χ2v) is 5.52. The Hall–Kier alpha value is -0.510. The molecular weight excluding hydrogens is 228 g/mol. The van der Waals surface area contributed by atoms with Gasteiger partial charge >= 0.3 is 0 Å². The molecule has 1 aliphatic rings. The molecule has 0 aromatic heterocycles. The molecule has 0 bridgehead atoms. The van der Waals surface area contributed by atoms with Crippen LogP contribution < -0.4 is 10.6 Å². The molecule has 1 heterocycles. The van der Waals surface area contributed by atoms with Crippen LogP contribution in [0.2, 0.25) is 0 Å². The van der Waals surface area contributed by atoms with E-state index < -0.39 is 0 Å². The first kappa shape index (κ1) is 12.9. The van der Waals surface area contributed by atoms with Crippen molar-refractivity contribution in [3.8, 4) is 0 Å². The second kappa shape index (κ2) is 7.04. The van der Waals surface area contributed by atoms with Crippen molar-refractivity contribution in [2.75, 3.05) is 31.9 Å². The van der Waals surface area contributed by atoms with E-state index in [0.29, 0.717) is 5.92 Å². The molecular formula is C14H22N2S. The van der Waals surface area contributed by atoms with E-state index in [-0.39, 0.29) is 0 Å². The molecule has 3 heteroatoms. The Morgan fingerprint density at radius 3 is 2.94 bits per heavy atom. The van der Waals surface area contributed by atoms with Crippen molar-refractivity contribution in [3.63, 3.8) is 0 Å². The van der Waals surface area contributed by atoms with Gasteiger partial charge in [-0.3, -0.25) is 0 Å². The Balaban J connectivity index is 1.68. The Morgan fingerprint density at radius 1 is 1.24 bits per heavy atom. The number of nitrogens with one attached hydrogen (secondary N) is 2. The van der Waals surface area contributed by atoms with E-state index in [9.17, 15) is 0 Å². The summed E-state index contributed by atoms with van der Waals surface area (Å²) in [6, 6.07) is 8.81. The lowest BCUT2D eigenvalue weighted by Gasteiger charge is -2.12. The summed E-state index contributed by atoms with van der Waals surface area (Å²) in [4.78, 5) is 1.48. The maximum absolute atomic E-state index is 3.57. The lowest BCUT2D eigenvalue weighted by Crippen LogP contribution is -2.25. The van der Waals surface area contributed by atoms with Crippen LogP contribution >= 0.6 is 11.8 Å². The normalized spacial score (nSPS) is 18.3. The predicted molar refractivity (Wildman–Crippen MR) is 75.9 cm³/mol. The Labute approximate surface area is 109 Å². The van der Waals surface area contributed by atoms with Crippen LogP contribution in [-0.2, 0) is 0 Å². The molecule has 2 N–H and O–H groups in total. The van der Waals surface area contributed by atoms with E-state index in [1.807, 2.05) is 11.8 Å². The van der Waals surface area contributed by atoms with E-state index in [1.165, 1.54) is 22.6 Å². The highest BCUT2D eigenvalue weighted by Gasteiger charge is 2.21. The third-order valence-electron chi connectivity index (χ3n) is 3.15. The van der Waals surface area contributed by atoms with E-state index in [2.05, 4.69) is 41.8 Å². The van der Waals surface area contributed by atoms with Gasteiger partial charge in [-0.1, -0.05) is 25.1 Å². The average molecular weight is 250 g/mol. The smallest absolute Gasteiger partial charge is 0.0108 e. The summed E-state index contributed by atoms with van der Waals surface area (Å²) >= 11 is 2.00. The molecule has 17 heavy (non-hydrogen) atoms. The predicted octanol–water partition coefficient (Wildman–Crippen LogP) is 2.47. The first-order valence-electron chi connectivity index (χ1n) is 6.55. The minimum absolute atomic E-state index is 0.704. The maximum Gasteiger partial charge on any atom is 0.0108 e. The minimum Gasteiger partial charge on any atom is -0.317 e. The van der Waals surface area contributed by atoms with Crippen molar-refractivity contribution >= 4 is 11.8 Å². The van der Waals surface area contributed by atoms with Crippen LogP contribution in [-0.4, -0.2) is 31.9 Å². The third kappa shape index (κ3) is 3.73. The zero-order chi connectivity index (χ0) is 11.9. The molecule has 1 atom stereocenters. The summed E-state index contributed by atoms with van der Waals surface area (Å²) < 4.78 is 0. The number of thioether (sulfide) groups is 1. The molecule has 0 radical (unpaired) electrons. The second-order valence-electron chi connectivity index (χ2n) is 4.46. The van der Waals surface area contributed by atoms with Crippen LogP contribution in [0.25, 0.3) is 0 Å². The van der Waals surface area contributed by atoms with Crippen LogP contribution in [0.3, 0.4) is 0 Å². The molecule has 0 spiro atoms. The topological polar surface area (TPSA) is 24.1 Å². The van der Waals surface area contributed by atoms with Gasteiger partial charge in [0, 0.05) is 23.1 Å². The van der Waals surface area contributed by atoms with Gasteiger partial charge in [0.25, 0.3) is 0 Å². The number of fused-ring (bicyclic) bond motifs is 1. The van der Waals surface area contributed by atoms with E-state index >= 15 is 0 Å². The lowest BCUT2D eigenvalue weighted by atomic mass is 10.0. The molecule has 0 saturated carbocycles. The highest BCUT2D eigenvalue weighted by atomic mass is 32.2. The van der Waals surface area contributed by atoms with Gasteiger partial charge in [0.2, 0.25) is 0 Å². The van der Waals surface area contributed by atoms with Gasteiger partial charge in [-0.25, -0.2) is 0 Å². The fourth-order valence-electron chi connectivity index (χ4n) is 2.19. The van der Waals surface area contributed by atoms with Gasteiger partial charge in [0.15, 0.2) is 0 Å². The van der Waals surface area contributed by atoms with Gasteiger partial charge in [-0.05, 0) is 37.7 Å². The number of rotatable bonds is 7. The fourth-order valence-corrected chi connectivity index (χ4v) is 3.44. The summed E-state index contributed by atoms with van der Waals surface area (Å²) in [5.74, 6) is 1.94. The van der Waals surface area contributed by atoms with Crippen molar-refractivity contribution in [2.45, 2.75) is 24.2 Å². The number of hydrogen-bond acceptors (Lipinski definition) is 3. The first-order valence-corrected chi connectivity index (χ1v) is 7.53. The summed E-state index contributed by atoms with van der Waals surface area (Å²) in [6.45, 7) is 6.60. The highest BCUT2D eigenvalue weighted by Crippen LogP contribution is 2.38. The van der Waals surface area contributed by atoms with Gasteiger partial charge in [0.1, 0.15) is 0 Å². The van der Waals surface area contributed by atoms with Crippen LogP contribution in [0, 0.1) is 0 Å². The van der Waals surface area contributed by atoms with Gasteiger partial charge in [-0.15, -0.1) is 11.8 Å². The Bertz CT molecular complexity index is 341. The molecule has 0 saturated heterocycles. The monoisotopic (exact) mass is 250 g/mol. The van der Waals surface area contributed by atoms with Crippen molar-refractivity contribution in [1.82, 2.24) is 10.6 Å².